The second kappa shape index (κ2) is 16.6. The van der Waals surface area contributed by atoms with Crippen LogP contribution in [0.15, 0.2) is 24.3 Å². The van der Waals surface area contributed by atoms with E-state index in [9.17, 15) is 31.6 Å². The summed E-state index contributed by atoms with van der Waals surface area (Å²) in [5, 5.41) is -4.77. The van der Waals surface area contributed by atoms with Gasteiger partial charge in [-0.15, -0.1) is 0 Å². The minimum absolute atomic E-state index is 0.0237. The molecule has 48 heavy (non-hydrogen) atoms. The van der Waals surface area contributed by atoms with Gasteiger partial charge in [0.1, 0.15) is 58.6 Å². The molecule has 0 heterocycles. The first-order valence-electron chi connectivity index (χ1n) is 16.8. The first kappa shape index (κ1) is 39.4. The molecule has 0 aliphatic heterocycles. The normalized spacial score (nSPS) is 18.9. The van der Waals surface area contributed by atoms with E-state index in [0.717, 1.165) is 46.0 Å². The lowest BCUT2D eigenvalue weighted by Crippen LogP contribution is -2.44. The van der Waals surface area contributed by atoms with Gasteiger partial charge in [0.25, 0.3) is 0 Å². The molecule has 3 atom stereocenters. The third-order valence-corrected chi connectivity index (χ3v) is 10.2. The highest BCUT2D eigenvalue weighted by molar-refractivity contribution is 7.86. The summed E-state index contributed by atoms with van der Waals surface area (Å²) < 4.78 is 76.9. The number of benzene rings is 2. The van der Waals surface area contributed by atoms with Gasteiger partial charge < -0.3 is 14.2 Å². The maximum absolute atomic E-state index is 14.3. The number of rotatable bonds is 14. The van der Waals surface area contributed by atoms with E-state index in [1.54, 1.807) is 0 Å². The van der Waals surface area contributed by atoms with Crippen molar-refractivity contribution in [2.24, 2.45) is 17.8 Å². The van der Waals surface area contributed by atoms with E-state index in [-0.39, 0.29) is 19.3 Å². The topological polar surface area (TPSA) is 133 Å². The first-order valence-corrected chi connectivity index (χ1v) is 18.3. The summed E-state index contributed by atoms with van der Waals surface area (Å²) in [4.78, 5) is 40.8. The lowest BCUT2D eigenvalue weighted by atomic mass is 9.75. The fraction of sp³-hybridized carbons (Fsp3) is 0.500. The minimum Gasteiger partial charge on any atom is -0.455 e. The van der Waals surface area contributed by atoms with E-state index in [1.807, 2.05) is 71.3 Å². The molecule has 1 aliphatic rings. The van der Waals surface area contributed by atoms with E-state index in [4.69, 9.17) is 18.8 Å². The number of hydrogen-bond acceptors (Lipinski definition) is 8. The van der Waals surface area contributed by atoms with Gasteiger partial charge in [0, 0.05) is 0 Å². The highest BCUT2D eigenvalue weighted by atomic mass is 32.2. The summed E-state index contributed by atoms with van der Waals surface area (Å²) in [5.74, 6) is -5.03. The zero-order chi connectivity index (χ0) is 36.0. The fourth-order valence-corrected chi connectivity index (χ4v) is 6.65. The van der Waals surface area contributed by atoms with Gasteiger partial charge in [0.05, 0.1) is 17.8 Å². The summed E-state index contributed by atoms with van der Waals surface area (Å²) in [5.41, 5.74) is 5.51. The Balaban J connectivity index is 1.98. The zero-order valence-electron chi connectivity index (χ0n) is 28.9. The number of alkyl halides is 2. The third-order valence-electron chi connectivity index (χ3n) is 9.17. The average molecular weight is 682 g/mol. The number of carbonyl (C=O) groups excluding carboxylic acids is 3. The van der Waals surface area contributed by atoms with Crippen molar-refractivity contribution in [3.05, 3.63) is 57.6 Å². The standard InChI is InChI=1S/C30H42B6F2O9S/c1-15(30(37,38)48(42,43)44)45-27(39)18-6-19(28(40)46-25-21(11-33)2-16(9-31)3-22(25)12-34)8-20(7-18)29(41)47-26-23(13-35)4-17(10-32)5-24(26)14-36/h2-5,15,18-20H,6-14,31-36H2,1H3,(H,42,43,44). The molecule has 0 amide bonds. The van der Waals surface area contributed by atoms with Crippen LogP contribution in [0.2, 0.25) is 0 Å². The molecule has 0 radical (unpaired) electrons. The van der Waals surface area contributed by atoms with Crippen LogP contribution in [0.4, 0.5) is 8.78 Å². The van der Waals surface area contributed by atoms with E-state index >= 15 is 0 Å². The summed E-state index contributed by atoms with van der Waals surface area (Å²) in [6.07, 6.45) is 1.01. The van der Waals surface area contributed by atoms with Gasteiger partial charge in [-0.25, -0.2) is 0 Å². The average Bonchev–Trinajstić information content (AvgIpc) is 3.07. The van der Waals surface area contributed by atoms with Crippen LogP contribution >= 0.6 is 0 Å². The molecule has 2 aromatic carbocycles. The van der Waals surface area contributed by atoms with Crippen molar-refractivity contribution < 1.29 is 50.3 Å². The number of hydrogen-bond donors (Lipinski definition) is 1. The summed E-state index contributed by atoms with van der Waals surface area (Å²) >= 11 is 0. The Morgan fingerprint density at radius 2 is 1.02 bits per heavy atom. The van der Waals surface area contributed by atoms with Gasteiger partial charge in [-0.3, -0.25) is 18.9 Å². The molecule has 0 bridgehead atoms. The van der Waals surface area contributed by atoms with Crippen LogP contribution in [0.1, 0.15) is 59.6 Å². The highest BCUT2D eigenvalue weighted by Gasteiger charge is 2.53. The van der Waals surface area contributed by atoms with Crippen molar-refractivity contribution in [3.63, 3.8) is 0 Å². The second-order valence-electron chi connectivity index (χ2n) is 12.4. The molecule has 1 saturated carbocycles. The molecule has 3 rings (SSSR count). The van der Waals surface area contributed by atoms with E-state index in [0.29, 0.717) is 43.7 Å². The van der Waals surface area contributed by atoms with Gasteiger partial charge in [0.15, 0.2) is 6.10 Å². The SMILES string of the molecule is BCc1cc(CB)c(OC(=O)C2CC(C(=O)Oc3c(CB)cc(CB)cc3CB)CC(C(=O)OC(C)C(F)(F)S(=O)(=O)O)C2)c(CB)c1. The predicted octanol–water partition coefficient (Wildman–Crippen LogP) is -1.56. The molecule has 0 aromatic heterocycles. The third kappa shape index (κ3) is 8.97. The van der Waals surface area contributed by atoms with Crippen LogP contribution in [0, 0.1) is 17.8 Å². The maximum Gasteiger partial charge on any atom is 0.405 e. The first-order chi connectivity index (χ1) is 22.5. The molecule has 0 saturated heterocycles. The Hall–Kier alpha value is -2.99. The summed E-state index contributed by atoms with van der Waals surface area (Å²) in [6.45, 7) is 0.642. The van der Waals surface area contributed by atoms with Crippen molar-refractivity contribution in [2.75, 3.05) is 0 Å². The molecule has 2 aromatic rings. The lowest BCUT2D eigenvalue weighted by molar-refractivity contribution is -0.168. The lowest BCUT2D eigenvalue weighted by Gasteiger charge is -2.33. The van der Waals surface area contributed by atoms with Gasteiger partial charge in [-0.2, -0.15) is 17.2 Å². The molecular weight excluding hydrogens is 639 g/mol. The number of ether oxygens (including phenoxy) is 3. The van der Waals surface area contributed by atoms with Gasteiger partial charge >= 0.3 is 33.3 Å². The Morgan fingerprint density at radius 3 is 1.29 bits per heavy atom. The Bertz CT molecular complexity index is 1490. The van der Waals surface area contributed by atoms with Gasteiger partial charge in [0.2, 0.25) is 0 Å². The van der Waals surface area contributed by atoms with Crippen molar-refractivity contribution in [2.45, 2.75) is 75.5 Å². The van der Waals surface area contributed by atoms with Crippen LogP contribution in [0.3, 0.4) is 0 Å². The quantitative estimate of drug-likeness (QED) is 0.109. The molecule has 254 valence electrons. The van der Waals surface area contributed by atoms with Gasteiger partial charge in [-0.1, -0.05) is 73.3 Å². The maximum atomic E-state index is 14.3. The van der Waals surface area contributed by atoms with Crippen molar-refractivity contribution in [1.29, 1.82) is 0 Å². The van der Waals surface area contributed by atoms with E-state index in [2.05, 4.69) is 0 Å². The smallest absolute Gasteiger partial charge is 0.405 e. The monoisotopic (exact) mass is 682 g/mol. The van der Waals surface area contributed by atoms with E-state index < -0.39 is 57.1 Å². The van der Waals surface area contributed by atoms with Crippen LogP contribution in [0.25, 0.3) is 0 Å². The minimum atomic E-state index is -5.89. The Morgan fingerprint density at radius 1 is 0.708 bits per heavy atom. The summed E-state index contributed by atoms with van der Waals surface area (Å²) in [7, 11) is 5.92. The Kier molecular flexibility index (Phi) is 13.7. The zero-order valence-corrected chi connectivity index (χ0v) is 29.7. The molecule has 1 N–H and O–H groups in total. The molecule has 9 nitrogen and oxygen atoms in total. The molecule has 0 spiro atoms. The number of carbonyl (C=O) groups is 3. The molecule has 18 heteroatoms. The highest BCUT2D eigenvalue weighted by Crippen LogP contribution is 2.39. The number of esters is 3. The molecule has 1 fully saturated rings. The second-order valence-corrected chi connectivity index (χ2v) is 13.9. The van der Waals surface area contributed by atoms with E-state index in [1.165, 1.54) is 0 Å². The summed E-state index contributed by atoms with van der Waals surface area (Å²) in [6, 6.07) is 7.89. The van der Waals surface area contributed by atoms with Crippen molar-refractivity contribution >= 4 is 75.1 Å². The Labute approximate surface area is 287 Å². The van der Waals surface area contributed by atoms with Gasteiger partial charge in [-0.05, 0) is 48.4 Å². The van der Waals surface area contributed by atoms with Crippen LogP contribution < -0.4 is 9.47 Å². The van der Waals surface area contributed by atoms with Crippen LogP contribution in [0.5, 0.6) is 11.5 Å². The largest absolute Gasteiger partial charge is 0.455 e. The molecule has 1 aliphatic carbocycles. The number of halogens is 2. The predicted molar refractivity (Wildman–Crippen MR) is 194 cm³/mol. The van der Waals surface area contributed by atoms with Crippen LogP contribution in [-0.2, 0) is 67.2 Å². The van der Waals surface area contributed by atoms with Crippen molar-refractivity contribution in [3.8, 4) is 11.5 Å². The van der Waals surface area contributed by atoms with Crippen LogP contribution in [-0.4, -0.2) is 89.3 Å². The molecular formula is C30H42B6F2O9S. The molecule has 3 unspecified atom stereocenters. The van der Waals surface area contributed by atoms with Crippen molar-refractivity contribution in [1.82, 2.24) is 0 Å². The fourth-order valence-electron chi connectivity index (χ4n) is 6.19.